The highest BCUT2D eigenvalue weighted by molar-refractivity contribution is 7.92. The van der Waals surface area contributed by atoms with Gasteiger partial charge in [-0.25, -0.2) is 8.42 Å². The fourth-order valence-electron chi connectivity index (χ4n) is 2.58. The molecule has 152 valence electrons. The average molecular weight is 427 g/mol. The van der Waals surface area contributed by atoms with Crippen LogP contribution in [0.3, 0.4) is 0 Å². The number of hydrogen-bond acceptors (Lipinski definition) is 5. The number of nitrogens with one attached hydrogen (secondary N) is 1. The van der Waals surface area contributed by atoms with Crippen LogP contribution in [0.15, 0.2) is 48.5 Å². The van der Waals surface area contributed by atoms with Crippen molar-refractivity contribution in [1.29, 1.82) is 0 Å². The zero-order valence-corrected chi connectivity index (χ0v) is 17.5. The summed E-state index contributed by atoms with van der Waals surface area (Å²) in [7, 11) is -2.11. The first-order valence-electron chi connectivity index (χ1n) is 8.52. The highest BCUT2D eigenvalue weighted by Gasteiger charge is 2.29. The van der Waals surface area contributed by atoms with Crippen LogP contribution >= 0.6 is 11.6 Å². The van der Waals surface area contributed by atoms with Gasteiger partial charge in [-0.1, -0.05) is 17.7 Å². The summed E-state index contributed by atoms with van der Waals surface area (Å²) < 4.78 is 36.1. The minimum atomic E-state index is -3.69. The fraction of sp³-hybridized carbons (Fsp3) is 0.316. The van der Waals surface area contributed by atoms with Crippen molar-refractivity contribution >= 4 is 33.2 Å². The molecule has 0 radical (unpaired) electrons. The summed E-state index contributed by atoms with van der Waals surface area (Å²) >= 11 is 5.96. The van der Waals surface area contributed by atoms with Gasteiger partial charge in [0.15, 0.2) is 0 Å². The maximum Gasteiger partial charge on any atom is 0.243 e. The summed E-state index contributed by atoms with van der Waals surface area (Å²) in [6.07, 6.45) is 1.05. The molecule has 0 spiro atoms. The Kier molecular flexibility index (Phi) is 7.53. The zero-order valence-electron chi connectivity index (χ0n) is 15.9. The summed E-state index contributed by atoms with van der Waals surface area (Å²) in [5.74, 6) is 0.917. The van der Waals surface area contributed by atoms with Crippen molar-refractivity contribution in [3.05, 3.63) is 53.6 Å². The highest BCUT2D eigenvalue weighted by Crippen LogP contribution is 2.24. The summed E-state index contributed by atoms with van der Waals surface area (Å²) in [4.78, 5) is 12.5. The standard InChI is InChI=1S/C19H23ClN2O5S/c1-14(22(28(3,24)25)16-6-4-5-15(20)13-16)19(23)21-11-12-27-18-9-7-17(26-2)8-10-18/h4-10,13-14H,11-12H2,1-3H3,(H,21,23). The van der Waals surface area contributed by atoms with E-state index in [0.29, 0.717) is 16.5 Å². The van der Waals surface area contributed by atoms with E-state index in [0.717, 1.165) is 16.3 Å². The number of hydrogen-bond donors (Lipinski definition) is 1. The predicted octanol–water partition coefficient (Wildman–Crippen LogP) is 2.70. The molecule has 2 aromatic carbocycles. The van der Waals surface area contributed by atoms with E-state index in [2.05, 4.69) is 5.32 Å². The normalized spacial score (nSPS) is 12.1. The van der Waals surface area contributed by atoms with E-state index in [-0.39, 0.29) is 13.2 Å². The van der Waals surface area contributed by atoms with Gasteiger partial charge >= 0.3 is 0 Å². The van der Waals surface area contributed by atoms with Crippen LogP contribution in [0.5, 0.6) is 11.5 Å². The fourth-order valence-corrected chi connectivity index (χ4v) is 3.94. The quantitative estimate of drug-likeness (QED) is 0.623. The molecule has 7 nitrogen and oxygen atoms in total. The van der Waals surface area contributed by atoms with Gasteiger partial charge in [0.2, 0.25) is 15.9 Å². The number of carbonyl (C=O) groups is 1. The molecule has 0 saturated carbocycles. The van der Waals surface area contributed by atoms with E-state index in [1.807, 2.05) is 0 Å². The van der Waals surface area contributed by atoms with Crippen molar-refractivity contribution < 1.29 is 22.7 Å². The Morgan fingerprint density at radius 1 is 1.18 bits per heavy atom. The second-order valence-corrected chi connectivity index (χ2v) is 8.33. The Morgan fingerprint density at radius 2 is 1.82 bits per heavy atom. The smallest absolute Gasteiger partial charge is 0.243 e. The number of amides is 1. The predicted molar refractivity (Wildman–Crippen MR) is 110 cm³/mol. The number of methoxy groups -OCH3 is 1. The van der Waals surface area contributed by atoms with Gasteiger partial charge in [0, 0.05) is 5.02 Å². The molecule has 0 aliphatic rings. The number of halogens is 1. The van der Waals surface area contributed by atoms with Crippen LogP contribution in [-0.4, -0.2) is 46.9 Å². The van der Waals surface area contributed by atoms with Crippen molar-refractivity contribution in [2.75, 3.05) is 30.8 Å². The summed E-state index contributed by atoms with van der Waals surface area (Å²) in [6, 6.07) is 12.4. The van der Waals surface area contributed by atoms with Gasteiger partial charge in [0.05, 0.1) is 25.6 Å². The molecule has 2 aromatic rings. The molecule has 0 saturated heterocycles. The molecular weight excluding hydrogens is 404 g/mol. The van der Waals surface area contributed by atoms with E-state index in [1.165, 1.54) is 13.0 Å². The number of anilines is 1. The molecule has 9 heteroatoms. The maximum absolute atomic E-state index is 12.5. The van der Waals surface area contributed by atoms with Gasteiger partial charge in [0.25, 0.3) is 0 Å². The molecule has 0 fully saturated rings. The van der Waals surface area contributed by atoms with Crippen molar-refractivity contribution in [3.8, 4) is 11.5 Å². The Morgan fingerprint density at radius 3 is 2.39 bits per heavy atom. The monoisotopic (exact) mass is 426 g/mol. The molecule has 2 rings (SSSR count). The second kappa shape index (κ2) is 9.66. The molecule has 0 bridgehead atoms. The van der Waals surface area contributed by atoms with Crippen LogP contribution in [0.2, 0.25) is 5.02 Å². The third-order valence-corrected chi connectivity index (χ3v) is 5.36. The lowest BCUT2D eigenvalue weighted by molar-refractivity contribution is -0.121. The Bertz CT molecular complexity index is 903. The molecule has 1 atom stereocenters. The minimum Gasteiger partial charge on any atom is -0.497 e. The van der Waals surface area contributed by atoms with E-state index >= 15 is 0 Å². The first-order valence-corrected chi connectivity index (χ1v) is 10.7. The molecule has 28 heavy (non-hydrogen) atoms. The molecular formula is C19H23ClN2O5S. The van der Waals surface area contributed by atoms with Gasteiger partial charge in [-0.15, -0.1) is 0 Å². The lowest BCUT2D eigenvalue weighted by atomic mass is 10.2. The lowest BCUT2D eigenvalue weighted by Crippen LogP contribution is -2.48. The highest BCUT2D eigenvalue weighted by atomic mass is 35.5. The summed E-state index contributed by atoms with van der Waals surface area (Å²) in [6.45, 7) is 1.98. The second-order valence-electron chi connectivity index (χ2n) is 6.03. The van der Waals surface area contributed by atoms with Crippen LogP contribution in [0.25, 0.3) is 0 Å². The van der Waals surface area contributed by atoms with Crippen LogP contribution < -0.4 is 19.1 Å². The molecule has 0 aliphatic carbocycles. The number of ether oxygens (including phenoxy) is 2. The Balaban J connectivity index is 1.95. The number of benzene rings is 2. The van der Waals surface area contributed by atoms with Crippen molar-refractivity contribution in [3.63, 3.8) is 0 Å². The van der Waals surface area contributed by atoms with Gasteiger partial charge in [0.1, 0.15) is 24.1 Å². The average Bonchev–Trinajstić information content (AvgIpc) is 2.64. The molecule has 1 N–H and O–H groups in total. The Hall–Kier alpha value is -2.45. The van der Waals surface area contributed by atoms with Gasteiger partial charge in [-0.05, 0) is 49.4 Å². The van der Waals surface area contributed by atoms with E-state index in [4.69, 9.17) is 21.1 Å². The van der Waals surface area contributed by atoms with E-state index in [1.54, 1.807) is 49.6 Å². The topological polar surface area (TPSA) is 84.9 Å². The first-order chi connectivity index (χ1) is 13.2. The van der Waals surface area contributed by atoms with Crippen molar-refractivity contribution in [1.82, 2.24) is 5.32 Å². The summed E-state index contributed by atoms with van der Waals surface area (Å²) in [5, 5.41) is 3.07. The van der Waals surface area contributed by atoms with Gasteiger partial charge in [-0.2, -0.15) is 0 Å². The molecule has 0 aromatic heterocycles. The van der Waals surface area contributed by atoms with Crippen molar-refractivity contribution in [2.45, 2.75) is 13.0 Å². The van der Waals surface area contributed by atoms with E-state index < -0.39 is 22.0 Å². The third kappa shape index (κ3) is 6.03. The molecule has 0 heterocycles. The van der Waals surface area contributed by atoms with Crippen LogP contribution in [-0.2, 0) is 14.8 Å². The largest absolute Gasteiger partial charge is 0.497 e. The van der Waals surface area contributed by atoms with Gasteiger partial charge < -0.3 is 14.8 Å². The van der Waals surface area contributed by atoms with E-state index in [9.17, 15) is 13.2 Å². The molecule has 1 amide bonds. The SMILES string of the molecule is COc1ccc(OCCNC(=O)C(C)N(c2cccc(Cl)c2)S(C)(=O)=O)cc1. The number of carbonyl (C=O) groups excluding carboxylic acids is 1. The Labute approximate surface area is 170 Å². The lowest BCUT2D eigenvalue weighted by Gasteiger charge is -2.28. The molecule has 1 unspecified atom stereocenters. The number of rotatable bonds is 9. The van der Waals surface area contributed by atoms with Crippen molar-refractivity contribution in [2.24, 2.45) is 0 Å². The maximum atomic E-state index is 12.5. The minimum absolute atomic E-state index is 0.225. The van der Waals surface area contributed by atoms with Crippen LogP contribution in [0, 0.1) is 0 Å². The van der Waals surface area contributed by atoms with Gasteiger partial charge in [-0.3, -0.25) is 9.10 Å². The first kappa shape index (κ1) is 21.8. The van der Waals surface area contributed by atoms with Crippen LogP contribution in [0.1, 0.15) is 6.92 Å². The van der Waals surface area contributed by atoms with Crippen LogP contribution in [0.4, 0.5) is 5.69 Å². The number of sulfonamides is 1. The summed E-state index contributed by atoms with van der Waals surface area (Å²) in [5.41, 5.74) is 0.326. The zero-order chi connectivity index (χ0) is 20.7. The molecule has 0 aliphatic heterocycles. The number of nitrogens with zero attached hydrogens (tertiary/aromatic N) is 1. The third-order valence-electron chi connectivity index (χ3n) is 3.88.